The summed E-state index contributed by atoms with van der Waals surface area (Å²) in [5.74, 6) is 0.946. The smallest absolute Gasteiger partial charge is 0.252 e. The molecule has 2 N–H and O–H groups in total. The number of thiophene rings is 1. The molecule has 122 valence electrons. The molecule has 1 unspecified atom stereocenters. The van der Waals surface area contributed by atoms with Crippen molar-refractivity contribution in [1.82, 2.24) is 10.3 Å². The molecule has 1 aliphatic rings. The van der Waals surface area contributed by atoms with Crippen molar-refractivity contribution in [2.75, 3.05) is 13.2 Å². The summed E-state index contributed by atoms with van der Waals surface area (Å²) in [7, 11) is 0. The topological polar surface area (TPSA) is 71.5 Å². The van der Waals surface area contributed by atoms with Crippen molar-refractivity contribution in [2.45, 2.75) is 25.4 Å². The van der Waals surface area contributed by atoms with Gasteiger partial charge in [0.15, 0.2) is 0 Å². The normalized spacial score (nSPS) is 16.6. The molecule has 0 radical (unpaired) electrons. The molecule has 1 saturated carbocycles. The third-order valence-electron chi connectivity index (χ3n) is 3.81. The minimum Gasteiger partial charge on any atom is -0.477 e. The van der Waals surface area contributed by atoms with Crippen molar-refractivity contribution >= 4 is 17.2 Å². The molecule has 1 aliphatic carbocycles. The molecule has 0 aliphatic heterocycles. The molecule has 0 aromatic carbocycles. The second-order valence-corrected chi connectivity index (χ2v) is 7.02. The minimum atomic E-state index is -1.08. The van der Waals surface area contributed by atoms with Gasteiger partial charge in [-0.3, -0.25) is 4.79 Å². The summed E-state index contributed by atoms with van der Waals surface area (Å²) < 4.78 is 5.55. The van der Waals surface area contributed by atoms with E-state index >= 15 is 0 Å². The molecule has 5 nitrogen and oxygen atoms in total. The Morgan fingerprint density at radius 1 is 1.48 bits per heavy atom. The summed E-state index contributed by atoms with van der Waals surface area (Å²) in [6.07, 6.45) is 3.95. The Hall–Kier alpha value is -1.92. The van der Waals surface area contributed by atoms with Crippen LogP contribution >= 0.6 is 11.3 Å². The summed E-state index contributed by atoms with van der Waals surface area (Å²) in [6.45, 7) is 2.53. The summed E-state index contributed by atoms with van der Waals surface area (Å²) in [5.41, 5.74) is -0.629. The standard InChI is InChI=1S/C17H20N2O3S/c1-17(21,14-3-2-8-23-14)11-19-16(20)13-6-7-15(18-9-13)22-10-12-4-5-12/h2-3,6-9,12,21H,4-5,10-11H2,1H3,(H,19,20). The van der Waals surface area contributed by atoms with Crippen LogP contribution in [0.2, 0.25) is 0 Å². The fourth-order valence-electron chi connectivity index (χ4n) is 2.11. The van der Waals surface area contributed by atoms with E-state index in [-0.39, 0.29) is 12.5 Å². The molecule has 23 heavy (non-hydrogen) atoms. The van der Waals surface area contributed by atoms with Crippen LogP contribution in [0.1, 0.15) is 35.0 Å². The molecule has 3 rings (SSSR count). The molecular weight excluding hydrogens is 312 g/mol. The number of hydrogen-bond donors (Lipinski definition) is 2. The van der Waals surface area contributed by atoms with Crippen molar-refractivity contribution in [1.29, 1.82) is 0 Å². The van der Waals surface area contributed by atoms with Gasteiger partial charge in [-0.15, -0.1) is 11.3 Å². The summed E-state index contributed by atoms with van der Waals surface area (Å²) in [5, 5.41) is 15.0. The maximum Gasteiger partial charge on any atom is 0.252 e. The number of aliphatic hydroxyl groups is 1. The second kappa shape index (κ2) is 6.68. The van der Waals surface area contributed by atoms with Crippen LogP contribution in [0.5, 0.6) is 5.88 Å². The lowest BCUT2D eigenvalue weighted by Gasteiger charge is -2.22. The number of aromatic nitrogens is 1. The molecule has 0 saturated heterocycles. The first-order valence-corrected chi connectivity index (χ1v) is 8.56. The Bertz CT molecular complexity index is 649. The van der Waals surface area contributed by atoms with Gasteiger partial charge in [-0.25, -0.2) is 4.98 Å². The van der Waals surface area contributed by atoms with Gasteiger partial charge < -0.3 is 15.2 Å². The predicted molar refractivity (Wildman–Crippen MR) is 88.7 cm³/mol. The van der Waals surface area contributed by atoms with Crippen LogP contribution in [-0.4, -0.2) is 29.1 Å². The Morgan fingerprint density at radius 3 is 2.91 bits per heavy atom. The molecule has 1 atom stereocenters. The maximum absolute atomic E-state index is 12.1. The van der Waals surface area contributed by atoms with Crippen molar-refractivity contribution in [3.8, 4) is 5.88 Å². The monoisotopic (exact) mass is 332 g/mol. The molecule has 2 heterocycles. The third kappa shape index (κ3) is 4.30. The van der Waals surface area contributed by atoms with Crippen LogP contribution in [0, 0.1) is 5.92 Å². The van der Waals surface area contributed by atoms with Gasteiger partial charge in [-0.1, -0.05) is 6.07 Å². The van der Waals surface area contributed by atoms with E-state index in [1.54, 1.807) is 19.1 Å². The number of rotatable bonds is 7. The number of hydrogen-bond acceptors (Lipinski definition) is 5. The van der Waals surface area contributed by atoms with Crippen LogP contribution in [0.15, 0.2) is 35.8 Å². The zero-order valence-corrected chi connectivity index (χ0v) is 13.8. The number of carbonyl (C=O) groups is 1. The Balaban J connectivity index is 1.53. The second-order valence-electron chi connectivity index (χ2n) is 6.07. The Kier molecular flexibility index (Phi) is 4.63. The van der Waals surface area contributed by atoms with Crippen molar-refractivity contribution < 1.29 is 14.6 Å². The number of carbonyl (C=O) groups excluding carboxylic acids is 1. The number of pyridine rings is 1. The summed E-state index contributed by atoms with van der Waals surface area (Å²) in [6, 6.07) is 7.12. The minimum absolute atomic E-state index is 0.145. The Morgan fingerprint density at radius 2 is 2.30 bits per heavy atom. The highest BCUT2D eigenvalue weighted by Gasteiger charge is 2.25. The average molecular weight is 332 g/mol. The zero-order valence-electron chi connectivity index (χ0n) is 13.0. The summed E-state index contributed by atoms with van der Waals surface area (Å²) >= 11 is 1.46. The van der Waals surface area contributed by atoms with Crippen LogP contribution in [0.4, 0.5) is 0 Å². The lowest BCUT2D eigenvalue weighted by molar-refractivity contribution is 0.0556. The molecule has 1 amide bonds. The molecule has 0 bridgehead atoms. The summed E-state index contributed by atoms with van der Waals surface area (Å²) in [4.78, 5) is 17.1. The molecule has 0 spiro atoms. The quantitative estimate of drug-likeness (QED) is 0.817. The van der Waals surface area contributed by atoms with Crippen molar-refractivity contribution in [3.63, 3.8) is 0 Å². The van der Waals surface area contributed by atoms with Crippen LogP contribution in [-0.2, 0) is 5.60 Å². The van der Waals surface area contributed by atoms with Crippen molar-refractivity contribution in [2.24, 2.45) is 5.92 Å². The van der Waals surface area contributed by atoms with E-state index in [0.29, 0.717) is 24.0 Å². The first kappa shape index (κ1) is 16.0. The van der Waals surface area contributed by atoms with E-state index in [1.807, 2.05) is 17.5 Å². The van der Waals surface area contributed by atoms with Gasteiger partial charge in [0.05, 0.1) is 18.7 Å². The molecule has 1 fully saturated rings. The highest BCUT2D eigenvalue weighted by Crippen LogP contribution is 2.29. The van der Waals surface area contributed by atoms with Gasteiger partial charge in [0, 0.05) is 17.1 Å². The highest BCUT2D eigenvalue weighted by molar-refractivity contribution is 7.10. The van der Waals surface area contributed by atoms with Crippen molar-refractivity contribution in [3.05, 3.63) is 46.3 Å². The van der Waals surface area contributed by atoms with Crippen LogP contribution < -0.4 is 10.1 Å². The number of nitrogens with zero attached hydrogens (tertiary/aromatic N) is 1. The largest absolute Gasteiger partial charge is 0.477 e. The van der Waals surface area contributed by atoms with E-state index in [0.717, 1.165) is 4.88 Å². The third-order valence-corrected chi connectivity index (χ3v) is 4.93. The van der Waals surface area contributed by atoms with E-state index in [4.69, 9.17) is 4.74 Å². The van der Waals surface area contributed by atoms with E-state index in [2.05, 4.69) is 10.3 Å². The first-order valence-electron chi connectivity index (χ1n) is 7.68. The van der Waals surface area contributed by atoms with E-state index in [1.165, 1.54) is 30.4 Å². The van der Waals surface area contributed by atoms with Crippen LogP contribution in [0.3, 0.4) is 0 Å². The molecule has 6 heteroatoms. The van der Waals surface area contributed by atoms with Gasteiger partial charge in [0.25, 0.3) is 5.91 Å². The maximum atomic E-state index is 12.1. The van der Waals surface area contributed by atoms with Crippen LogP contribution in [0.25, 0.3) is 0 Å². The first-order chi connectivity index (χ1) is 11.0. The predicted octanol–water partition coefficient (Wildman–Crippen LogP) is 2.57. The molecule has 2 aromatic heterocycles. The van der Waals surface area contributed by atoms with Gasteiger partial charge in [-0.05, 0) is 43.2 Å². The van der Waals surface area contributed by atoms with Gasteiger partial charge >= 0.3 is 0 Å². The number of amides is 1. The average Bonchev–Trinajstić information content (AvgIpc) is 3.21. The number of ether oxygens (including phenoxy) is 1. The SMILES string of the molecule is CC(O)(CNC(=O)c1ccc(OCC2CC2)nc1)c1cccs1. The van der Waals surface area contributed by atoms with Gasteiger partial charge in [0.2, 0.25) is 5.88 Å². The fraction of sp³-hybridized carbons (Fsp3) is 0.412. The highest BCUT2D eigenvalue weighted by atomic mass is 32.1. The van der Waals surface area contributed by atoms with Gasteiger partial charge in [-0.2, -0.15) is 0 Å². The van der Waals surface area contributed by atoms with E-state index in [9.17, 15) is 9.90 Å². The molecular formula is C17H20N2O3S. The Labute approximate surface area is 139 Å². The number of nitrogens with one attached hydrogen (secondary N) is 1. The van der Waals surface area contributed by atoms with Gasteiger partial charge in [0.1, 0.15) is 5.60 Å². The zero-order chi connectivity index (χ0) is 16.3. The van der Waals surface area contributed by atoms with E-state index < -0.39 is 5.60 Å². The lowest BCUT2D eigenvalue weighted by atomic mass is 10.1. The lowest BCUT2D eigenvalue weighted by Crippen LogP contribution is -2.38. The molecule has 2 aromatic rings. The fourth-order valence-corrected chi connectivity index (χ4v) is 2.90.